The molecule has 5 nitrogen and oxygen atoms in total. The third-order valence-corrected chi connectivity index (χ3v) is 3.48. The predicted octanol–water partition coefficient (Wildman–Crippen LogP) is 3.50. The van der Waals surface area contributed by atoms with Gasteiger partial charge in [0.15, 0.2) is 5.16 Å². The molecule has 18 heavy (non-hydrogen) atoms. The highest BCUT2D eigenvalue weighted by molar-refractivity contribution is 7.99. The standard InChI is InChI=1S/C11H8ClN3O2S/c1-7-4-5-13-11(14-7)18-10-3-2-8(15(16)17)6-9(10)12/h2-6H,1H3. The average Bonchev–Trinajstić information content (AvgIpc) is 2.31. The molecule has 1 aromatic heterocycles. The molecule has 0 fully saturated rings. The van der Waals surface area contributed by atoms with Crippen LogP contribution < -0.4 is 0 Å². The van der Waals surface area contributed by atoms with Crippen molar-refractivity contribution < 1.29 is 4.92 Å². The van der Waals surface area contributed by atoms with E-state index in [9.17, 15) is 10.1 Å². The Bertz CT molecular complexity index is 607. The smallest absolute Gasteiger partial charge is 0.258 e. The summed E-state index contributed by atoms with van der Waals surface area (Å²) in [7, 11) is 0. The second-order valence-electron chi connectivity index (χ2n) is 3.45. The summed E-state index contributed by atoms with van der Waals surface area (Å²) in [5.74, 6) is 0. The molecule has 0 aliphatic heterocycles. The Balaban J connectivity index is 2.27. The van der Waals surface area contributed by atoms with Crippen LogP contribution in [0.1, 0.15) is 5.69 Å². The molecule has 0 aliphatic rings. The number of nitrogens with zero attached hydrogens (tertiary/aromatic N) is 3. The molecule has 0 saturated heterocycles. The Morgan fingerprint density at radius 1 is 1.39 bits per heavy atom. The molecule has 2 rings (SSSR count). The van der Waals surface area contributed by atoms with Crippen LogP contribution in [0.2, 0.25) is 5.02 Å². The third kappa shape index (κ3) is 2.96. The van der Waals surface area contributed by atoms with Gasteiger partial charge < -0.3 is 0 Å². The van der Waals surface area contributed by atoms with Gasteiger partial charge in [0.25, 0.3) is 5.69 Å². The van der Waals surface area contributed by atoms with E-state index in [0.717, 1.165) is 5.69 Å². The lowest BCUT2D eigenvalue weighted by molar-refractivity contribution is -0.384. The SMILES string of the molecule is Cc1ccnc(Sc2ccc([N+](=O)[O-])cc2Cl)n1. The van der Waals surface area contributed by atoms with Crippen molar-refractivity contribution in [1.29, 1.82) is 0 Å². The summed E-state index contributed by atoms with van der Waals surface area (Å²) >= 11 is 7.25. The van der Waals surface area contributed by atoms with Crippen LogP contribution in [0.25, 0.3) is 0 Å². The van der Waals surface area contributed by atoms with E-state index in [2.05, 4.69) is 9.97 Å². The van der Waals surface area contributed by atoms with Crippen molar-refractivity contribution >= 4 is 29.1 Å². The van der Waals surface area contributed by atoms with Crippen LogP contribution in [0, 0.1) is 17.0 Å². The third-order valence-electron chi connectivity index (χ3n) is 2.10. The molecule has 0 aliphatic carbocycles. The lowest BCUT2D eigenvalue weighted by Crippen LogP contribution is -1.90. The lowest BCUT2D eigenvalue weighted by atomic mass is 10.3. The van der Waals surface area contributed by atoms with Crippen molar-refractivity contribution in [2.45, 2.75) is 17.0 Å². The molecule has 0 saturated carbocycles. The van der Waals surface area contributed by atoms with Gasteiger partial charge in [-0.3, -0.25) is 10.1 Å². The van der Waals surface area contributed by atoms with Crippen molar-refractivity contribution in [2.75, 3.05) is 0 Å². The van der Waals surface area contributed by atoms with E-state index in [0.29, 0.717) is 15.1 Å². The van der Waals surface area contributed by atoms with Crippen LogP contribution in [0.15, 0.2) is 40.5 Å². The first-order valence-electron chi connectivity index (χ1n) is 4.98. The predicted molar refractivity (Wildman–Crippen MR) is 69.0 cm³/mol. The fraction of sp³-hybridized carbons (Fsp3) is 0.0909. The van der Waals surface area contributed by atoms with E-state index >= 15 is 0 Å². The van der Waals surface area contributed by atoms with Crippen LogP contribution in [-0.2, 0) is 0 Å². The minimum absolute atomic E-state index is 0.0329. The molecular weight excluding hydrogens is 274 g/mol. The van der Waals surface area contributed by atoms with Crippen molar-refractivity contribution in [3.8, 4) is 0 Å². The number of nitro benzene ring substituents is 1. The Kier molecular flexibility index (Phi) is 3.78. The van der Waals surface area contributed by atoms with Gasteiger partial charge in [-0.05, 0) is 30.8 Å². The number of rotatable bonds is 3. The number of nitro groups is 1. The van der Waals surface area contributed by atoms with Gasteiger partial charge in [0.2, 0.25) is 0 Å². The number of aromatic nitrogens is 2. The van der Waals surface area contributed by atoms with Gasteiger partial charge >= 0.3 is 0 Å². The van der Waals surface area contributed by atoms with Gasteiger partial charge in [0.05, 0.1) is 9.95 Å². The minimum atomic E-state index is -0.483. The summed E-state index contributed by atoms with van der Waals surface area (Å²) in [6.45, 7) is 1.86. The Hall–Kier alpha value is -1.66. The van der Waals surface area contributed by atoms with E-state index in [1.165, 1.54) is 23.9 Å². The summed E-state index contributed by atoms with van der Waals surface area (Å²) < 4.78 is 0. The Morgan fingerprint density at radius 3 is 2.78 bits per heavy atom. The maximum absolute atomic E-state index is 10.6. The maximum Gasteiger partial charge on any atom is 0.270 e. The molecule has 1 heterocycles. The Labute approximate surface area is 112 Å². The average molecular weight is 282 g/mol. The van der Waals surface area contributed by atoms with Gasteiger partial charge in [-0.25, -0.2) is 9.97 Å². The Morgan fingerprint density at radius 2 is 2.17 bits per heavy atom. The van der Waals surface area contributed by atoms with Crippen molar-refractivity contribution in [1.82, 2.24) is 9.97 Å². The lowest BCUT2D eigenvalue weighted by Gasteiger charge is -2.03. The van der Waals surface area contributed by atoms with Crippen LogP contribution in [0.4, 0.5) is 5.69 Å². The van der Waals surface area contributed by atoms with Gasteiger partial charge in [0, 0.05) is 28.9 Å². The summed E-state index contributed by atoms with van der Waals surface area (Å²) in [6, 6.07) is 6.11. The number of halogens is 1. The second-order valence-corrected chi connectivity index (χ2v) is 4.87. The highest BCUT2D eigenvalue weighted by atomic mass is 35.5. The fourth-order valence-corrected chi connectivity index (χ4v) is 2.34. The number of hydrogen-bond acceptors (Lipinski definition) is 5. The van der Waals surface area contributed by atoms with Crippen molar-refractivity contribution in [3.05, 3.63) is 51.3 Å². The molecule has 0 atom stereocenters. The largest absolute Gasteiger partial charge is 0.270 e. The molecule has 1 aromatic carbocycles. The van der Waals surface area contributed by atoms with Crippen molar-refractivity contribution in [3.63, 3.8) is 0 Å². The summed E-state index contributed by atoms with van der Waals surface area (Å²) in [6.07, 6.45) is 1.66. The van der Waals surface area contributed by atoms with Gasteiger partial charge in [0.1, 0.15) is 0 Å². The summed E-state index contributed by atoms with van der Waals surface area (Å²) in [4.78, 5) is 19.1. The molecule has 0 radical (unpaired) electrons. The molecule has 92 valence electrons. The van der Waals surface area contributed by atoms with E-state index in [-0.39, 0.29) is 5.69 Å². The van der Waals surface area contributed by atoms with Crippen LogP contribution >= 0.6 is 23.4 Å². The first-order valence-corrected chi connectivity index (χ1v) is 6.17. The molecule has 0 spiro atoms. The van der Waals surface area contributed by atoms with E-state index in [1.807, 2.05) is 6.92 Å². The molecule has 0 bridgehead atoms. The number of benzene rings is 1. The molecule has 7 heteroatoms. The topological polar surface area (TPSA) is 68.9 Å². The monoisotopic (exact) mass is 281 g/mol. The van der Waals surface area contributed by atoms with Gasteiger partial charge in [-0.2, -0.15) is 0 Å². The maximum atomic E-state index is 10.6. The zero-order valence-corrected chi connectivity index (χ0v) is 10.9. The van der Waals surface area contributed by atoms with Crippen LogP contribution in [0.5, 0.6) is 0 Å². The summed E-state index contributed by atoms with van der Waals surface area (Å²) in [5, 5.41) is 11.5. The van der Waals surface area contributed by atoms with Gasteiger partial charge in [-0.15, -0.1) is 0 Å². The molecule has 2 aromatic rings. The van der Waals surface area contributed by atoms with Crippen molar-refractivity contribution in [2.24, 2.45) is 0 Å². The quantitative estimate of drug-likeness (QED) is 0.489. The summed E-state index contributed by atoms with van der Waals surface area (Å²) in [5.41, 5.74) is 0.819. The van der Waals surface area contributed by atoms with E-state index in [4.69, 9.17) is 11.6 Å². The zero-order valence-electron chi connectivity index (χ0n) is 9.33. The normalized spacial score (nSPS) is 10.3. The zero-order chi connectivity index (χ0) is 13.1. The van der Waals surface area contributed by atoms with E-state index in [1.54, 1.807) is 18.3 Å². The second kappa shape index (κ2) is 5.32. The molecule has 0 amide bonds. The van der Waals surface area contributed by atoms with Crippen LogP contribution in [-0.4, -0.2) is 14.9 Å². The highest BCUT2D eigenvalue weighted by Crippen LogP contribution is 2.33. The van der Waals surface area contributed by atoms with Gasteiger partial charge in [-0.1, -0.05) is 11.6 Å². The number of hydrogen-bond donors (Lipinski definition) is 0. The first kappa shape index (κ1) is 12.8. The first-order chi connectivity index (χ1) is 8.56. The highest BCUT2D eigenvalue weighted by Gasteiger charge is 2.11. The molecular formula is C11H8ClN3O2S. The fourth-order valence-electron chi connectivity index (χ4n) is 1.26. The molecule has 0 unspecified atom stereocenters. The number of non-ortho nitro benzene ring substituents is 1. The number of aryl methyl sites for hydroxylation is 1. The minimum Gasteiger partial charge on any atom is -0.258 e. The molecule has 0 N–H and O–H groups in total. The van der Waals surface area contributed by atoms with Crippen LogP contribution in [0.3, 0.4) is 0 Å². The van der Waals surface area contributed by atoms with E-state index < -0.39 is 4.92 Å².